The number of hydrogen-bond donors (Lipinski definition) is 1. The van der Waals surface area contributed by atoms with Crippen LogP contribution < -0.4 is 0 Å². The first-order valence-corrected chi connectivity index (χ1v) is 7.27. The summed E-state index contributed by atoms with van der Waals surface area (Å²) in [6, 6.07) is 7.61. The van der Waals surface area contributed by atoms with E-state index in [-0.39, 0.29) is 11.8 Å². The van der Waals surface area contributed by atoms with Crippen molar-refractivity contribution >= 4 is 11.9 Å². The Bertz CT molecular complexity index is 540. The molecule has 0 spiro atoms. The molecule has 0 saturated carbocycles. The van der Waals surface area contributed by atoms with Crippen molar-refractivity contribution in [3.8, 4) is 0 Å². The number of hydrogen-bond acceptors (Lipinski definition) is 2. The Morgan fingerprint density at radius 2 is 1.90 bits per heavy atom. The maximum Gasteiger partial charge on any atom is 0.326 e. The van der Waals surface area contributed by atoms with Crippen LogP contribution in [0.25, 0.3) is 0 Å². The highest BCUT2D eigenvalue weighted by Crippen LogP contribution is 2.29. The fourth-order valence-corrected chi connectivity index (χ4v) is 3.43. The van der Waals surface area contributed by atoms with Gasteiger partial charge in [0.1, 0.15) is 6.04 Å². The molecule has 0 radical (unpaired) electrons. The van der Waals surface area contributed by atoms with Crippen LogP contribution in [0.5, 0.6) is 0 Å². The first kappa shape index (κ1) is 13.2. The predicted molar refractivity (Wildman–Crippen MR) is 74.3 cm³/mol. The monoisotopic (exact) mass is 273 g/mol. The Kier molecular flexibility index (Phi) is 3.47. The van der Waals surface area contributed by atoms with Crippen LogP contribution in [0.2, 0.25) is 0 Å². The molecule has 4 heteroatoms. The molecule has 0 bridgehead atoms. The molecule has 1 saturated heterocycles. The Morgan fingerprint density at radius 1 is 1.15 bits per heavy atom. The van der Waals surface area contributed by atoms with Gasteiger partial charge in [0.2, 0.25) is 5.91 Å². The van der Waals surface area contributed by atoms with Crippen LogP contribution in [-0.4, -0.2) is 34.5 Å². The van der Waals surface area contributed by atoms with Crippen molar-refractivity contribution in [2.45, 2.75) is 38.1 Å². The van der Waals surface area contributed by atoms with Gasteiger partial charge in [-0.3, -0.25) is 4.79 Å². The SMILES string of the molecule is O=C(O)[C@@H]1CCCN1C(=O)C1CCc2ccccc2C1. The summed E-state index contributed by atoms with van der Waals surface area (Å²) in [5.41, 5.74) is 2.57. The molecule has 2 atom stereocenters. The average molecular weight is 273 g/mol. The van der Waals surface area contributed by atoms with Crippen LogP contribution in [0.15, 0.2) is 24.3 Å². The standard InChI is InChI=1S/C16H19NO3/c18-15(17-9-3-6-14(17)16(19)20)13-8-7-11-4-1-2-5-12(11)10-13/h1-2,4-5,13-14H,3,6-10H2,(H,19,20)/t13?,14-/m0/s1. The van der Waals surface area contributed by atoms with Gasteiger partial charge < -0.3 is 10.0 Å². The van der Waals surface area contributed by atoms with E-state index in [2.05, 4.69) is 12.1 Å². The topological polar surface area (TPSA) is 57.6 Å². The normalized spacial score (nSPS) is 25.3. The molecule has 106 valence electrons. The van der Waals surface area contributed by atoms with Crippen LogP contribution in [0.4, 0.5) is 0 Å². The molecule has 1 aromatic carbocycles. The van der Waals surface area contributed by atoms with Gasteiger partial charge in [-0.15, -0.1) is 0 Å². The number of aliphatic carboxylic acids is 1. The Morgan fingerprint density at radius 3 is 2.65 bits per heavy atom. The second-order valence-electron chi connectivity index (χ2n) is 5.74. The number of carboxylic acid groups (broad SMARTS) is 1. The number of carbonyl (C=O) groups is 2. The van der Waals surface area contributed by atoms with E-state index >= 15 is 0 Å². The zero-order valence-electron chi connectivity index (χ0n) is 11.4. The highest BCUT2D eigenvalue weighted by Gasteiger charge is 2.37. The van der Waals surface area contributed by atoms with Gasteiger partial charge in [0.15, 0.2) is 0 Å². The van der Waals surface area contributed by atoms with Crippen molar-refractivity contribution < 1.29 is 14.7 Å². The third kappa shape index (κ3) is 2.30. The van der Waals surface area contributed by atoms with Gasteiger partial charge in [0.05, 0.1) is 0 Å². The molecule has 1 heterocycles. The Hall–Kier alpha value is -1.84. The van der Waals surface area contributed by atoms with E-state index < -0.39 is 12.0 Å². The van der Waals surface area contributed by atoms with E-state index in [9.17, 15) is 14.7 Å². The average Bonchev–Trinajstić information content (AvgIpc) is 2.95. The second-order valence-corrected chi connectivity index (χ2v) is 5.74. The summed E-state index contributed by atoms with van der Waals surface area (Å²) in [5, 5.41) is 9.19. The summed E-state index contributed by atoms with van der Waals surface area (Å²) in [5.74, 6) is -0.888. The van der Waals surface area contributed by atoms with Gasteiger partial charge in [-0.2, -0.15) is 0 Å². The van der Waals surface area contributed by atoms with Gasteiger partial charge in [-0.25, -0.2) is 4.79 Å². The molecule has 1 fully saturated rings. The van der Waals surface area contributed by atoms with Crippen LogP contribution in [0, 0.1) is 5.92 Å². The minimum Gasteiger partial charge on any atom is -0.480 e. The molecule has 20 heavy (non-hydrogen) atoms. The molecule has 1 aromatic rings. The van der Waals surface area contributed by atoms with Crippen LogP contribution in [0.1, 0.15) is 30.4 Å². The zero-order valence-corrected chi connectivity index (χ0v) is 11.4. The molecule has 0 aromatic heterocycles. The molecule has 1 aliphatic carbocycles. The number of fused-ring (bicyclic) bond motifs is 1. The fourth-order valence-electron chi connectivity index (χ4n) is 3.43. The molecule has 1 unspecified atom stereocenters. The van der Waals surface area contributed by atoms with Gasteiger partial charge in [0, 0.05) is 12.5 Å². The smallest absolute Gasteiger partial charge is 0.326 e. The lowest BCUT2D eigenvalue weighted by molar-refractivity contribution is -0.150. The number of amides is 1. The molecular formula is C16H19NO3. The van der Waals surface area contributed by atoms with Crippen LogP contribution >= 0.6 is 0 Å². The quantitative estimate of drug-likeness (QED) is 0.895. The fraction of sp³-hybridized carbons (Fsp3) is 0.500. The van der Waals surface area contributed by atoms with E-state index in [1.165, 1.54) is 11.1 Å². The van der Waals surface area contributed by atoms with E-state index in [0.717, 1.165) is 25.7 Å². The van der Waals surface area contributed by atoms with E-state index in [1.54, 1.807) is 4.90 Å². The summed E-state index contributed by atoms with van der Waals surface area (Å²) < 4.78 is 0. The van der Waals surface area contributed by atoms with Crippen molar-refractivity contribution in [1.82, 2.24) is 4.90 Å². The van der Waals surface area contributed by atoms with Crippen LogP contribution in [0.3, 0.4) is 0 Å². The van der Waals surface area contributed by atoms with Gasteiger partial charge >= 0.3 is 5.97 Å². The molecule has 1 aliphatic heterocycles. The molecule has 4 nitrogen and oxygen atoms in total. The van der Waals surface area contributed by atoms with Crippen LogP contribution in [-0.2, 0) is 22.4 Å². The first-order valence-electron chi connectivity index (χ1n) is 7.27. The van der Waals surface area contributed by atoms with Crippen molar-refractivity contribution in [3.63, 3.8) is 0 Å². The number of likely N-dealkylation sites (tertiary alicyclic amines) is 1. The number of benzene rings is 1. The Labute approximate surface area is 118 Å². The number of aryl methyl sites for hydroxylation is 1. The third-order valence-electron chi connectivity index (χ3n) is 4.52. The van der Waals surface area contributed by atoms with E-state index in [1.807, 2.05) is 12.1 Å². The summed E-state index contributed by atoms with van der Waals surface area (Å²) in [4.78, 5) is 25.4. The van der Waals surface area contributed by atoms with Gasteiger partial charge in [0.25, 0.3) is 0 Å². The van der Waals surface area contributed by atoms with E-state index in [4.69, 9.17) is 0 Å². The molecule has 3 rings (SSSR count). The number of carbonyl (C=O) groups excluding carboxylic acids is 1. The molecule has 1 N–H and O–H groups in total. The highest BCUT2D eigenvalue weighted by atomic mass is 16.4. The second kappa shape index (κ2) is 5.27. The van der Waals surface area contributed by atoms with Crippen molar-refractivity contribution in [3.05, 3.63) is 35.4 Å². The highest BCUT2D eigenvalue weighted by molar-refractivity contribution is 5.86. The number of rotatable bonds is 2. The lowest BCUT2D eigenvalue weighted by Gasteiger charge is -2.29. The predicted octanol–water partition coefficient (Wildman–Crippen LogP) is 1.87. The van der Waals surface area contributed by atoms with Crippen molar-refractivity contribution in [1.29, 1.82) is 0 Å². The maximum atomic E-state index is 12.6. The minimum atomic E-state index is -0.868. The van der Waals surface area contributed by atoms with Gasteiger partial charge in [-0.1, -0.05) is 24.3 Å². The molecule has 2 aliphatic rings. The lowest BCUT2D eigenvalue weighted by atomic mass is 9.83. The maximum absolute atomic E-state index is 12.6. The van der Waals surface area contributed by atoms with E-state index in [0.29, 0.717) is 13.0 Å². The molecular weight excluding hydrogens is 254 g/mol. The zero-order chi connectivity index (χ0) is 14.1. The summed E-state index contributed by atoms with van der Waals surface area (Å²) in [6.45, 7) is 0.591. The third-order valence-corrected chi connectivity index (χ3v) is 4.52. The van der Waals surface area contributed by atoms with Crippen molar-refractivity contribution in [2.24, 2.45) is 5.92 Å². The summed E-state index contributed by atoms with van der Waals surface area (Å²) in [6.07, 6.45) is 3.88. The van der Waals surface area contributed by atoms with Crippen molar-refractivity contribution in [2.75, 3.05) is 6.54 Å². The minimum absolute atomic E-state index is 0.0319. The largest absolute Gasteiger partial charge is 0.480 e. The van der Waals surface area contributed by atoms with Gasteiger partial charge in [-0.05, 0) is 43.2 Å². The number of carboxylic acids is 1. The summed E-state index contributed by atoms with van der Waals surface area (Å²) >= 11 is 0. The Balaban J connectivity index is 1.74. The molecule has 1 amide bonds. The number of nitrogens with zero attached hydrogens (tertiary/aromatic N) is 1. The lowest BCUT2D eigenvalue weighted by Crippen LogP contribution is -2.44. The summed E-state index contributed by atoms with van der Waals surface area (Å²) in [7, 11) is 0. The first-order chi connectivity index (χ1) is 9.66.